The van der Waals surface area contributed by atoms with Gasteiger partial charge in [0.2, 0.25) is 0 Å². The lowest BCUT2D eigenvalue weighted by atomic mass is 10.0. The van der Waals surface area contributed by atoms with Crippen LogP contribution in [-0.2, 0) is 4.79 Å². The zero-order valence-electron chi connectivity index (χ0n) is 13.2. The predicted octanol–water partition coefficient (Wildman–Crippen LogP) is 2.61. The third-order valence-corrected chi connectivity index (χ3v) is 3.77. The second-order valence-corrected chi connectivity index (χ2v) is 6.51. The molecule has 2 amide bonds. The van der Waals surface area contributed by atoms with Gasteiger partial charge in [0, 0.05) is 5.02 Å². The second kappa shape index (κ2) is 7.55. The van der Waals surface area contributed by atoms with Crippen molar-refractivity contribution >= 4 is 23.6 Å². The first kappa shape index (κ1) is 17.4. The first-order valence-electron chi connectivity index (χ1n) is 7.55. The van der Waals surface area contributed by atoms with Crippen molar-refractivity contribution < 1.29 is 19.4 Å². The molecule has 0 bridgehead atoms. The van der Waals surface area contributed by atoms with Crippen LogP contribution in [0.4, 0.5) is 4.79 Å². The van der Waals surface area contributed by atoms with Crippen molar-refractivity contribution in [3.05, 3.63) is 29.3 Å². The number of carboxylic acids is 1. The lowest BCUT2D eigenvalue weighted by Gasteiger charge is -2.39. The Hall–Kier alpha value is -1.95. The Balaban J connectivity index is 1.79. The van der Waals surface area contributed by atoms with Crippen LogP contribution in [0.5, 0.6) is 5.75 Å². The molecule has 0 aromatic heterocycles. The standard InChI is InChI=1S/C16H21ClN2O4/c1-10(2)6-14(15(20)21)18-16(22)19-8-13(9-19)23-12-5-3-4-11(17)7-12/h3-5,7,10,13-14H,6,8-9H2,1-2H3,(H,18,22)(H,20,21)/t14-/m0/s1. The highest BCUT2D eigenvalue weighted by molar-refractivity contribution is 6.30. The third kappa shape index (κ3) is 5.03. The molecule has 1 heterocycles. The molecule has 1 aliphatic rings. The molecule has 0 radical (unpaired) electrons. The molecule has 0 saturated carbocycles. The van der Waals surface area contributed by atoms with Gasteiger partial charge < -0.3 is 20.1 Å². The highest BCUT2D eigenvalue weighted by Crippen LogP contribution is 2.21. The fraction of sp³-hybridized carbons (Fsp3) is 0.500. The van der Waals surface area contributed by atoms with Gasteiger partial charge in [-0.3, -0.25) is 0 Å². The Morgan fingerprint density at radius 3 is 2.70 bits per heavy atom. The summed E-state index contributed by atoms with van der Waals surface area (Å²) in [7, 11) is 0. The first-order valence-corrected chi connectivity index (χ1v) is 7.93. The van der Waals surface area contributed by atoms with Crippen molar-refractivity contribution in [1.82, 2.24) is 10.2 Å². The molecule has 1 atom stereocenters. The Bertz CT molecular complexity index is 573. The molecule has 126 valence electrons. The Morgan fingerprint density at radius 1 is 1.43 bits per heavy atom. The minimum atomic E-state index is -1.01. The maximum Gasteiger partial charge on any atom is 0.326 e. The minimum Gasteiger partial charge on any atom is -0.487 e. The largest absolute Gasteiger partial charge is 0.487 e. The number of amides is 2. The summed E-state index contributed by atoms with van der Waals surface area (Å²) < 4.78 is 5.71. The number of halogens is 1. The summed E-state index contributed by atoms with van der Waals surface area (Å²) in [6.07, 6.45) is 0.296. The fourth-order valence-corrected chi connectivity index (χ4v) is 2.52. The fourth-order valence-electron chi connectivity index (χ4n) is 2.34. The van der Waals surface area contributed by atoms with Crippen LogP contribution in [0.25, 0.3) is 0 Å². The number of benzene rings is 1. The number of likely N-dealkylation sites (tertiary alicyclic amines) is 1. The number of nitrogens with zero attached hydrogens (tertiary/aromatic N) is 1. The Labute approximate surface area is 140 Å². The van der Waals surface area contributed by atoms with Crippen molar-refractivity contribution in [2.45, 2.75) is 32.4 Å². The Kier molecular flexibility index (Phi) is 5.71. The van der Waals surface area contributed by atoms with Crippen LogP contribution in [0, 0.1) is 5.92 Å². The molecular formula is C16H21ClN2O4. The van der Waals surface area contributed by atoms with Gasteiger partial charge in [0.05, 0.1) is 13.1 Å². The van der Waals surface area contributed by atoms with Crippen LogP contribution in [0.1, 0.15) is 20.3 Å². The van der Waals surface area contributed by atoms with Gasteiger partial charge in [0.25, 0.3) is 0 Å². The van der Waals surface area contributed by atoms with Crippen LogP contribution in [-0.4, -0.2) is 47.2 Å². The number of carbonyl (C=O) groups excluding carboxylic acids is 1. The van der Waals surface area contributed by atoms with Gasteiger partial charge in [-0.05, 0) is 30.5 Å². The number of aliphatic carboxylic acids is 1. The summed E-state index contributed by atoms with van der Waals surface area (Å²) in [5, 5.41) is 12.3. The summed E-state index contributed by atoms with van der Waals surface area (Å²) >= 11 is 5.89. The summed E-state index contributed by atoms with van der Waals surface area (Å²) in [6.45, 7) is 4.68. The highest BCUT2D eigenvalue weighted by Gasteiger charge is 2.34. The number of hydrogen-bond acceptors (Lipinski definition) is 3. The van der Waals surface area contributed by atoms with E-state index < -0.39 is 12.0 Å². The number of ether oxygens (including phenoxy) is 1. The van der Waals surface area contributed by atoms with E-state index in [4.69, 9.17) is 21.4 Å². The van der Waals surface area contributed by atoms with Crippen molar-refractivity contribution in [2.24, 2.45) is 5.92 Å². The molecule has 1 fully saturated rings. The summed E-state index contributed by atoms with van der Waals surface area (Å²) in [4.78, 5) is 24.7. The molecule has 0 unspecified atom stereocenters. The zero-order valence-corrected chi connectivity index (χ0v) is 13.9. The average Bonchev–Trinajstić information content (AvgIpc) is 2.41. The van der Waals surface area contributed by atoms with Crippen molar-refractivity contribution in [3.8, 4) is 5.75 Å². The van der Waals surface area contributed by atoms with Crippen LogP contribution in [0.15, 0.2) is 24.3 Å². The van der Waals surface area contributed by atoms with Crippen LogP contribution in [0.2, 0.25) is 5.02 Å². The summed E-state index contributed by atoms with van der Waals surface area (Å²) in [6, 6.07) is 5.84. The van der Waals surface area contributed by atoms with Gasteiger partial charge in [-0.15, -0.1) is 0 Å². The third-order valence-electron chi connectivity index (χ3n) is 3.54. The molecule has 7 heteroatoms. The van der Waals surface area contributed by atoms with Crippen LogP contribution < -0.4 is 10.1 Å². The maximum atomic E-state index is 12.0. The minimum absolute atomic E-state index is 0.104. The number of nitrogens with one attached hydrogen (secondary N) is 1. The van der Waals surface area contributed by atoms with E-state index in [1.54, 1.807) is 24.3 Å². The molecule has 1 aromatic carbocycles. The SMILES string of the molecule is CC(C)C[C@H](NC(=O)N1CC(Oc2cccc(Cl)c2)C1)C(=O)O. The zero-order chi connectivity index (χ0) is 17.0. The van der Waals surface area contributed by atoms with Gasteiger partial charge in [0.15, 0.2) is 0 Å². The van der Waals surface area contributed by atoms with E-state index in [1.165, 1.54) is 4.90 Å². The number of carboxylic acid groups (broad SMARTS) is 1. The summed E-state index contributed by atoms with van der Waals surface area (Å²) in [5.74, 6) is -0.170. The topological polar surface area (TPSA) is 78.9 Å². The number of carbonyl (C=O) groups is 2. The summed E-state index contributed by atoms with van der Waals surface area (Å²) in [5.41, 5.74) is 0. The molecule has 0 spiro atoms. The molecule has 23 heavy (non-hydrogen) atoms. The molecule has 1 saturated heterocycles. The quantitative estimate of drug-likeness (QED) is 0.834. The van der Waals surface area contributed by atoms with Crippen molar-refractivity contribution in [2.75, 3.05) is 13.1 Å². The Morgan fingerprint density at radius 2 is 2.13 bits per heavy atom. The second-order valence-electron chi connectivity index (χ2n) is 6.07. The van der Waals surface area contributed by atoms with Crippen LogP contribution >= 0.6 is 11.6 Å². The molecular weight excluding hydrogens is 320 g/mol. The lowest BCUT2D eigenvalue weighted by Crippen LogP contribution is -2.60. The molecule has 1 aliphatic heterocycles. The molecule has 2 N–H and O–H groups in total. The van der Waals surface area contributed by atoms with E-state index in [0.717, 1.165) is 0 Å². The van der Waals surface area contributed by atoms with Crippen molar-refractivity contribution in [3.63, 3.8) is 0 Å². The maximum absolute atomic E-state index is 12.0. The highest BCUT2D eigenvalue weighted by atomic mass is 35.5. The van der Waals surface area contributed by atoms with E-state index >= 15 is 0 Å². The van der Waals surface area contributed by atoms with Crippen molar-refractivity contribution in [1.29, 1.82) is 0 Å². The first-order chi connectivity index (χ1) is 10.8. The van der Waals surface area contributed by atoms with E-state index in [-0.39, 0.29) is 18.1 Å². The van der Waals surface area contributed by atoms with Gasteiger partial charge >= 0.3 is 12.0 Å². The monoisotopic (exact) mass is 340 g/mol. The number of hydrogen-bond donors (Lipinski definition) is 2. The van der Waals surface area contributed by atoms with Gasteiger partial charge in [-0.25, -0.2) is 9.59 Å². The van der Waals surface area contributed by atoms with Gasteiger partial charge in [-0.1, -0.05) is 31.5 Å². The molecule has 0 aliphatic carbocycles. The van der Waals surface area contributed by atoms with E-state index in [2.05, 4.69) is 5.32 Å². The number of rotatable bonds is 6. The average molecular weight is 341 g/mol. The smallest absolute Gasteiger partial charge is 0.326 e. The predicted molar refractivity (Wildman–Crippen MR) is 86.9 cm³/mol. The molecule has 2 rings (SSSR count). The number of urea groups is 1. The van der Waals surface area contributed by atoms with Gasteiger partial charge in [-0.2, -0.15) is 0 Å². The van der Waals surface area contributed by atoms with E-state index in [1.807, 2.05) is 13.8 Å². The normalized spacial score (nSPS) is 15.9. The lowest BCUT2D eigenvalue weighted by molar-refractivity contribution is -0.139. The van der Waals surface area contributed by atoms with Crippen LogP contribution in [0.3, 0.4) is 0 Å². The van der Waals surface area contributed by atoms with E-state index in [9.17, 15) is 9.59 Å². The molecule has 1 aromatic rings. The van der Waals surface area contributed by atoms with Gasteiger partial charge in [0.1, 0.15) is 17.9 Å². The van der Waals surface area contributed by atoms with E-state index in [0.29, 0.717) is 30.3 Å². The molecule has 6 nitrogen and oxygen atoms in total.